The van der Waals surface area contributed by atoms with Gasteiger partial charge in [-0.15, -0.1) is 0 Å². The van der Waals surface area contributed by atoms with Gasteiger partial charge in [0.1, 0.15) is 0 Å². The van der Waals surface area contributed by atoms with Crippen molar-refractivity contribution in [1.82, 2.24) is 15.2 Å². The van der Waals surface area contributed by atoms with Crippen LogP contribution in [-0.4, -0.2) is 36.1 Å². The predicted octanol–water partition coefficient (Wildman–Crippen LogP) is 3.04. The van der Waals surface area contributed by atoms with Crippen LogP contribution in [0.5, 0.6) is 0 Å². The number of nitrogens with zero attached hydrogens (tertiary/aromatic N) is 2. The molecule has 3 nitrogen and oxygen atoms in total. The van der Waals surface area contributed by atoms with Crippen molar-refractivity contribution in [3.8, 4) is 0 Å². The Morgan fingerprint density at radius 1 is 1.29 bits per heavy atom. The predicted molar refractivity (Wildman–Crippen MR) is 79.1 cm³/mol. The monoisotopic (exact) mass is 363 g/mol. The summed E-state index contributed by atoms with van der Waals surface area (Å²) >= 11 is 6.91. The summed E-state index contributed by atoms with van der Waals surface area (Å²) in [6.45, 7) is 9.48. The zero-order chi connectivity index (χ0) is 12.7. The summed E-state index contributed by atoms with van der Waals surface area (Å²) in [6.07, 6.45) is 1.83. The second kappa shape index (κ2) is 8.19. The van der Waals surface area contributed by atoms with Crippen molar-refractivity contribution in [1.29, 1.82) is 0 Å². The van der Waals surface area contributed by atoms with Gasteiger partial charge in [0.2, 0.25) is 0 Å². The minimum absolute atomic E-state index is 0.801. The van der Waals surface area contributed by atoms with Crippen LogP contribution in [0.4, 0.5) is 0 Å². The van der Waals surface area contributed by atoms with Crippen molar-refractivity contribution in [2.75, 3.05) is 26.2 Å². The van der Waals surface area contributed by atoms with Crippen LogP contribution in [-0.2, 0) is 6.54 Å². The lowest BCUT2D eigenvalue weighted by Gasteiger charge is -2.18. The topological polar surface area (TPSA) is 28.2 Å². The van der Waals surface area contributed by atoms with Crippen LogP contribution in [0.25, 0.3) is 0 Å². The first kappa shape index (κ1) is 15.1. The molecule has 5 heteroatoms. The Labute approximate surface area is 120 Å². The van der Waals surface area contributed by atoms with Gasteiger partial charge in [0.15, 0.2) is 0 Å². The number of hydrogen-bond acceptors (Lipinski definition) is 3. The molecule has 0 fully saturated rings. The Morgan fingerprint density at radius 2 is 2.00 bits per heavy atom. The van der Waals surface area contributed by atoms with Crippen molar-refractivity contribution in [3.05, 3.63) is 26.9 Å². The van der Waals surface area contributed by atoms with E-state index in [1.54, 1.807) is 0 Å². The Bertz CT molecular complexity index is 341. The maximum Gasteiger partial charge on any atom is 0.0684 e. The maximum absolute atomic E-state index is 4.36. The maximum atomic E-state index is 4.36. The fraction of sp³-hybridized carbons (Fsp3) is 0.583. The van der Waals surface area contributed by atoms with Gasteiger partial charge in [-0.3, -0.25) is 4.98 Å². The van der Waals surface area contributed by atoms with Crippen LogP contribution >= 0.6 is 31.9 Å². The molecule has 0 atom stereocenters. The normalized spacial score (nSPS) is 11.1. The second-order valence-corrected chi connectivity index (χ2v) is 5.56. The molecule has 0 bridgehead atoms. The fourth-order valence-corrected chi connectivity index (χ4v) is 2.68. The molecular formula is C12H19Br2N3. The van der Waals surface area contributed by atoms with Crippen molar-refractivity contribution in [2.45, 2.75) is 20.4 Å². The number of aromatic nitrogens is 1. The summed E-state index contributed by atoms with van der Waals surface area (Å²) in [4.78, 5) is 6.76. The van der Waals surface area contributed by atoms with Gasteiger partial charge < -0.3 is 10.2 Å². The van der Waals surface area contributed by atoms with Crippen LogP contribution in [0, 0.1) is 0 Å². The van der Waals surface area contributed by atoms with Crippen molar-refractivity contribution in [3.63, 3.8) is 0 Å². The third-order valence-electron chi connectivity index (χ3n) is 2.68. The van der Waals surface area contributed by atoms with E-state index in [1.165, 1.54) is 0 Å². The SMILES string of the molecule is CCN(CC)CCNCc1ncc(Br)cc1Br. The summed E-state index contributed by atoms with van der Waals surface area (Å²) in [5, 5.41) is 3.41. The lowest BCUT2D eigenvalue weighted by atomic mass is 10.3. The fourth-order valence-electron chi connectivity index (χ4n) is 1.56. The number of pyridine rings is 1. The smallest absolute Gasteiger partial charge is 0.0684 e. The zero-order valence-corrected chi connectivity index (χ0v) is 13.5. The summed E-state index contributed by atoms with van der Waals surface area (Å²) in [6, 6.07) is 2.02. The molecule has 17 heavy (non-hydrogen) atoms. The Morgan fingerprint density at radius 3 is 2.59 bits per heavy atom. The highest BCUT2D eigenvalue weighted by Gasteiger charge is 2.02. The lowest BCUT2D eigenvalue weighted by molar-refractivity contribution is 0.302. The second-order valence-electron chi connectivity index (χ2n) is 3.79. The van der Waals surface area contributed by atoms with E-state index >= 15 is 0 Å². The van der Waals surface area contributed by atoms with E-state index in [0.29, 0.717) is 0 Å². The number of rotatable bonds is 7. The average Bonchev–Trinajstić information content (AvgIpc) is 2.32. The van der Waals surface area contributed by atoms with Crippen LogP contribution in [0.15, 0.2) is 21.2 Å². The van der Waals surface area contributed by atoms with E-state index in [0.717, 1.165) is 47.4 Å². The summed E-state index contributed by atoms with van der Waals surface area (Å²) < 4.78 is 2.04. The van der Waals surface area contributed by atoms with Gasteiger partial charge in [-0.05, 0) is 51.0 Å². The molecule has 96 valence electrons. The minimum Gasteiger partial charge on any atom is -0.310 e. The van der Waals surface area contributed by atoms with Gasteiger partial charge in [-0.1, -0.05) is 13.8 Å². The molecule has 0 saturated heterocycles. The van der Waals surface area contributed by atoms with Crippen molar-refractivity contribution >= 4 is 31.9 Å². The molecule has 0 aliphatic rings. The molecule has 0 amide bonds. The van der Waals surface area contributed by atoms with Gasteiger partial charge in [0.25, 0.3) is 0 Å². The third-order valence-corrected chi connectivity index (χ3v) is 3.80. The van der Waals surface area contributed by atoms with Gasteiger partial charge in [-0.2, -0.15) is 0 Å². The largest absolute Gasteiger partial charge is 0.310 e. The van der Waals surface area contributed by atoms with Crippen molar-refractivity contribution in [2.24, 2.45) is 0 Å². The molecule has 0 unspecified atom stereocenters. The first-order valence-electron chi connectivity index (χ1n) is 5.90. The molecule has 1 aromatic rings. The van der Waals surface area contributed by atoms with E-state index < -0.39 is 0 Å². The van der Waals surface area contributed by atoms with E-state index in [9.17, 15) is 0 Å². The van der Waals surface area contributed by atoms with Gasteiger partial charge in [0.05, 0.1) is 5.69 Å². The molecule has 0 spiro atoms. The number of likely N-dealkylation sites (N-methyl/N-ethyl adjacent to an activating group) is 1. The van der Waals surface area contributed by atoms with E-state index in [1.807, 2.05) is 12.3 Å². The minimum atomic E-state index is 0.801. The highest BCUT2D eigenvalue weighted by Crippen LogP contribution is 2.19. The summed E-state index contributed by atoms with van der Waals surface area (Å²) in [5.74, 6) is 0. The van der Waals surface area contributed by atoms with E-state index in [-0.39, 0.29) is 0 Å². The molecule has 0 aliphatic carbocycles. The number of hydrogen-bond donors (Lipinski definition) is 1. The van der Waals surface area contributed by atoms with Crippen LogP contribution in [0.3, 0.4) is 0 Å². The summed E-state index contributed by atoms with van der Waals surface area (Å²) in [5.41, 5.74) is 1.05. The Balaban J connectivity index is 2.31. The molecule has 0 aliphatic heterocycles. The van der Waals surface area contributed by atoms with Gasteiger partial charge >= 0.3 is 0 Å². The molecule has 0 radical (unpaired) electrons. The highest BCUT2D eigenvalue weighted by molar-refractivity contribution is 9.11. The first-order valence-corrected chi connectivity index (χ1v) is 7.49. The Hall–Kier alpha value is 0.0300. The average molecular weight is 365 g/mol. The molecule has 1 rings (SSSR count). The molecule has 1 N–H and O–H groups in total. The van der Waals surface area contributed by atoms with E-state index in [2.05, 4.69) is 60.9 Å². The third kappa shape index (κ3) is 5.46. The standard InChI is InChI=1S/C12H19Br2N3/c1-3-17(4-2)6-5-15-9-12-11(14)7-10(13)8-16-12/h7-8,15H,3-6,9H2,1-2H3. The van der Waals surface area contributed by atoms with Gasteiger partial charge in [-0.25, -0.2) is 0 Å². The molecular weight excluding hydrogens is 346 g/mol. The molecule has 0 aromatic carbocycles. The number of nitrogens with one attached hydrogen (secondary N) is 1. The summed E-state index contributed by atoms with van der Waals surface area (Å²) in [7, 11) is 0. The van der Waals surface area contributed by atoms with Crippen LogP contribution < -0.4 is 5.32 Å². The number of halogens is 2. The zero-order valence-electron chi connectivity index (χ0n) is 10.3. The van der Waals surface area contributed by atoms with Crippen molar-refractivity contribution < 1.29 is 0 Å². The van der Waals surface area contributed by atoms with Gasteiger partial charge in [0, 0.05) is 34.8 Å². The van der Waals surface area contributed by atoms with Crippen LogP contribution in [0.2, 0.25) is 0 Å². The first-order chi connectivity index (χ1) is 8.17. The molecule has 1 heterocycles. The van der Waals surface area contributed by atoms with Crippen LogP contribution in [0.1, 0.15) is 19.5 Å². The highest BCUT2D eigenvalue weighted by atomic mass is 79.9. The molecule has 0 saturated carbocycles. The van der Waals surface area contributed by atoms with E-state index in [4.69, 9.17) is 0 Å². The quantitative estimate of drug-likeness (QED) is 0.753. The molecule has 1 aromatic heterocycles. The lowest BCUT2D eigenvalue weighted by Crippen LogP contribution is -2.31. The Kier molecular flexibility index (Phi) is 7.27.